The third-order valence-corrected chi connectivity index (χ3v) is 4.65. The Kier molecular flexibility index (Phi) is 7.31. The van der Waals surface area contributed by atoms with Crippen molar-refractivity contribution >= 4 is 17.7 Å². The molecule has 0 aliphatic rings. The van der Waals surface area contributed by atoms with Crippen LogP contribution in [0.4, 0.5) is 0 Å². The molecule has 0 aliphatic carbocycles. The Morgan fingerprint density at radius 1 is 1.28 bits per heavy atom. The van der Waals surface area contributed by atoms with E-state index in [9.17, 15) is 4.79 Å². The van der Waals surface area contributed by atoms with Gasteiger partial charge in [-0.2, -0.15) is 0 Å². The van der Waals surface area contributed by atoms with Crippen molar-refractivity contribution in [1.29, 1.82) is 0 Å². The van der Waals surface area contributed by atoms with Gasteiger partial charge in [0.1, 0.15) is 5.75 Å². The Morgan fingerprint density at radius 2 is 2.00 bits per heavy atom. The van der Waals surface area contributed by atoms with Gasteiger partial charge in [0, 0.05) is 6.04 Å². The molecule has 0 radical (unpaired) electrons. The lowest BCUT2D eigenvalue weighted by molar-refractivity contribution is -0.120. The molecule has 1 amide bonds. The number of carbonyl (C=O) groups excluding carboxylic acids is 1. The summed E-state index contributed by atoms with van der Waals surface area (Å²) in [6, 6.07) is 7.88. The molecule has 0 fully saturated rings. The standard InChI is InChI=1S/C18H25N3O3S/c1-5-6-12(2)19-17(22)13(3)25-18-21-20-16(24-18)11-14-7-9-15(23-4)10-8-14/h7-10,12-13H,5-6,11H2,1-4H3,(H,19,22). The molecule has 1 heterocycles. The SMILES string of the molecule is CCCC(C)NC(=O)C(C)Sc1nnc(Cc2ccc(OC)cc2)o1. The minimum Gasteiger partial charge on any atom is -0.497 e. The van der Waals surface area contributed by atoms with Crippen LogP contribution < -0.4 is 10.1 Å². The summed E-state index contributed by atoms with van der Waals surface area (Å²) < 4.78 is 10.8. The van der Waals surface area contributed by atoms with Crippen LogP contribution >= 0.6 is 11.8 Å². The fourth-order valence-corrected chi connectivity index (χ4v) is 3.06. The number of carbonyl (C=O) groups is 1. The highest BCUT2D eigenvalue weighted by molar-refractivity contribution is 8.00. The lowest BCUT2D eigenvalue weighted by atomic mass is 10.1. The van der Waals surface area contributed by atoms with Gasteiger partial charge in [-0.25, -0.2) is 0 Å². The summed E-state index contributed by atoms with van der Waals surface area (Å²) in [7, 11) is 1.64. The Bertz CT molecular complexity index is 672. The smallest absolute Gasteiger partial charge is 0.277 e. The molecule has 7 heteroatoms. The molecule has 0 spiro atoms. The van der Waals surface area contributed by atoms with Crippen molar-refractivity contribution in [3.8, 4) is 5.75 Å². The summed E-state index contributed by atoms with van der Waals surface area (Å²) in [5.74, 6) is 1.32. The molecule has 0 bridgehead atoms. The molecule has 136 valence electrons. The van der Waals surface area contributed by atoms with Crippen LogP contribution in [0.2, 0.25) is 0 Å². The van der Waals surface area contributed by atoms with Gasteiger partial charge in [0.2, 0.25) is 11.8 Å². The van der Waals surface area contributed by atoms with Crippen molar-refractivity contribution in [1.82, 2.24) is 15.5 Å². The van der Waals surface area contributed by atoms with Gasteiger partial charge in [0.25, 0.3) is 5.22 Å². The minimum atomic E-state index is -0.284. The van der Waals surface area contributed by atoms with Crippen molar-refractivity contribution < 1.29 is 13.9 Å². The Morgan fingerprint density at radius 3 is 2.64 bits per heavy atom. The van der Waals surface area contributed by atoms with Crippen LogP contribution in [-0.4, -0.2) is 34.5 Å². The number of thioether (sulfide) groups is 1. The van der Waals surface area contributed by atoms with E-state index in [0.29, 0.717) is 17.5 Å². The van der Waals surface area contributed by atoms with Crippen LogP contribution in [0.5, 0.6) is 5.75 Å². The summed E-state index contributed by atoms with van der Waals surface area (Å²) >= 11 is 1.28. The van der Waals surface area contributed by atoms with Crippen molar-refractivity contribution in [3.05, 3.63) is 35.7 Å². The number of nitrogens with zero attached hydrogens (tertiary/aromatic N) is 2. The van der Waals surface area contributed by atoms with Crippen LogP contribution in [0, 0.1) is 0 Å². The fraction of sp³-hybridized carbons (Fsp3) is 0.500. The highest BCUT2D eigenvalue weighted by atomic mass is 32.2. The second kappa shape index (κ2) is 9.46. The molecule has 6 nitrogen and oxygen atoms in total. The van der Waals surface area contributed by atoms with Gasteiger partial charge in [0.05, 0.1) is 18.8 Å². The molecule has 2 rings (SSSR count). The zero-order chi connectivity index (χ0) is 18.2. The first-order valence-corrected chi connectivity index (χ1v) is 9.32. The maximum Gasteiger partial charge on any atom is 0.277 e. The van der Waals surface area contributed by atoms with Crippen LogP contribution in [-0.2, 0) is 11.2 Å². The van der Waals surface area contributed by atoms with Crippen LogP contribution in [0.1, 0.15) is 45.1 Å². The quantitative estimate of drug-likeness (QED) is 0.688. The van der Waals surface area contributed by atoms with Gasteiger partial charge < -0.3 is 14.5 Å². The number of aromatic nitrogens is 2. The van der Waals surface area contributed by atoms with Gasteiger partial charge in [-0.15, -0.1) is 10.2 Å². The molecule has 1 aromatic carbocycles. The maximum absolute atomic E-state index is 12.2. The van der Waals surface area contributed by atoms with Gasteiger partial charge in [-0.1, -0.05) is 37.2 Å². The number of nitrogens with one attached hydrogen (secondary N) is 1. The summed E-state index contributed by atoms with van der Waals surface area (Å²) in [4.78, 5) is 12.2. The lowest BCUT2D eigenvalue weighted by Crippen LogP contribution is -2.37. The number of amides is 1. The molecule has 25 heavy (non-hydrogen) atoms. The van der Waals surface area contributed by atoms with Gasteiger partial charge in [0.15, 0.2) is 0 Å². The third-order valence-electron chi connectivity index (χ3n) is 3.72. The number of rotatable bonds is 9. The highest BCUT2D eigenvalue weighted by Crippen LogP contribution is 2.23. The molecule has 0 saturated carbocycles. The number of ether oxygens (including phenoxy) is 1. The van der Waals surface area contributed by atoms with Crippen molar-refractivity contribution in [2.75, 3.05) is 7.11 Å². The van der Waals surface area contributed by atoms with Gasteiger partial charge >= 0.3 is 0 Å². The van der Waals surface area contributed by atoms with Crippen LogP contribution in [0.3, 0.4) is 0 Å². The third kappa shape index (κ3) is 6.08. The average Bonchev–Trinajstić information content (AvgIpc) is 3.02. The molecule has 1 aromatic heterocycles. The maximum atomic E-state index is 12.2. The second-order valence-electron chi connectivity index (χ2n) is 5.94. The van der Waals surface area contributed by atoms with Crippen molar-refractivity contribution in [2.45, 2.75) is 56.5 Å². The molecule has 2 unspecified atom stereocenters. The lowest BCUT2D eigenvalue weighted by Gasteiger charge is -2.15. The Hall–Kier alpha value is -2.02. The molecule has 0 aliphatic heterocycles. The fourth-order valence-electron chi connectivity index (χ4n) is 2.35. The zero-order valence-corrected chi connectivity index (χ0v) is 15.9. The molecule has 2 atom stereocenters. The predicted octanol–water partition coefficient (Wildman–Crippen LogP) is 3.45. The summed E-state index contributed by atoms with van der Waals surface area (Å²) in [6.45, 7) is 5.95. The molecular formula is C18H25N3O3S. The topological polar surface area (TPSA) is 77.2 Å². The molecule has 1 N–H and O–H groups in total. The zero-order valence-electron chi connectivity index (χ0n) is 15.1. The summed E-state index contributed by atoms with van der Waals surface area (Å²) in [5.41, 5.74) is 1.06. The monoisotopic (exact) mass is 363 g/mol. The summed E-state index contributed by atoms with van der Waals surface area (Å²) in [6.07, 6.45) is 2.56. The molecule has 2 aromatic rings. The van der Waals surface area contributed by atoms with Crippen LogP contribution in [0.25, 0.3) is 0 Å². The van der Waals surface area contributed by atoms with Crippen molar-refractivity contribution in [3.63, 3.8) is 0 Å². The van der Waals surface area contributed by atoms with Crippen LogP contribution in [0.15, 0.2) is 33.9 Å². The predicted molar refractivity (Wildman–Crippen MR) is 97.9 cm³/mol. The second-order valence-corrected chi connectivity index (χ2v) is 7.24. The largest absolute Gasteiger partial charge is 0.497 e. The van der Waals surface area contributed by atoms with Gasteiger partial charge in [-0.05, 0) is 38.0 Å². The number of hydrogen-bond acceptors (Lipinski definition) is 6. The van der Waals surface area contributed by atoms with E-state index in [4.69, 9.17) is 9.15 Å². The first kappa shape index (κ1) is 19.3. The molecular weight excluding hydrogens is 338 g/mol. The van der Waals surface area contributed by atoms with Gasteiger partial charge in [-0.3, -0.25) is 4.79 Å². The Balaban J connectivity index is 1.88. The van der Waals surface area contributed by atoms with Crippen molar-refractivity contribution in [2.24, 2.45) is 0 Å². The Labute approximate surface area is 152 Å². The normalized spacial score (nSPS) is 13.3. The number of hydrogen-bond donors (Lipinski definition) is 1. The van der Waals surface area contributed by atoms with E-state index in [1.54, 1.807) is 7.11 Å². The minimum absolute atomic E-state index is 0.0131. The number of methoxy groups -OCH3 is 1. The van der Waals surface area contributed by atoms with E-state index < -0.39 is 0 Å². The number of benzene rings is 1. The first-order valence-electron chi connectivity index (χ1n) is 8.44. The average molecular weight is 363 g/mol. The summed E-state index contributed by atoms with van der Waals surface area (Å²) in [5, 5.41) is 11.2. The molecule has 0 saturated heterocycles. The highest BCUT2D eigenvalue weighted by Gasteiger charge is 2.19. The first-order chi connectivity index (χ1) is 12.0. The van der Waals surface area contributed by atoms with E-state index in [-0.39, 0.29) is 17.2 Å². The van der Waals surface area contributed by atoms with E-state index in [1.807, 2.05) is 38.1 Å². The van der Waals surface area contributed by atoms with E-state index in [0.717, 1.165) is 24.2 Å². The van der Waals surface area contributed by atoms with E-state index in [2.05, 4.69) is 22.4 Å². The van der Waals surface area contributed by atoms with E-state index >= 15 is 0 Å². The van der Waals surface area contributed by atoms with E-state index in [1.165, 1.54) is 11.8 Å².